The van der Waals surface area contributed by atoms with E-state index in [4.69, 9.17) is 4.74 Å². The summed E-state index contributed by atoms with van der Waals surface area (Å²) in [6.45, 7) is 6.33. The van der Waals surface area contributed by atoms with Gasteiger partial charge in [0, 0.05) is 18.2 Å². The number of aromatic amines is 1. The van der Waals surface area contributed by atoms with Crippen molar-refractivity contribution in [1.29, 1.82) is 0 Å². The molecule has 0 aliphatic carbocycles. The van der Waals surface area contributed by atoms with Crippen LogP contribution in [-0.2, 0) is 4.74 Å². The number of amides is 1. The number of hydrogen-bond donors (Lipinski definition) is 2. The molecule has 148 valence electrons. The Bertz CT molecular complexity index is 880. The molecule has 2 N–H and O–H groups in total. The van der Waals surface area contributed by atoms with Crippen LogP contribution < -0.4 is 10.2 Å². The number of halogens is 1. The summed E-state index contributed by atoms with van der Waals surface area (Å²) in [4.78, 5) is 18.0. The van der Waals surface area contributed by atoms with Gasteiger partial charge in [-0.15, -0.1) is 0 Å². The molecule has 2 aromatic rings. The monoisotopic (exact) mass is 385 g/mol. The van der Waals surface area contributed by atoms with E-state index in [9.17, 15) is 9.18 Å². The van der Waals surface area contributed by atoms with Gasteiger partial charge in [0.15, 0.2) is 0 Å². The van der Waals surface area contributed by atoms with Gasteiger partial charge in [0.25, 0.3) is 0 Å². The van der Waals surface area contributed by atoms with Crippen molar-refractivity contribution in [3.05, 3.63) is 41.6 Å². The summed E-state index contributed by atoms with van der Waals surface area (Å²) in [5.74, 6) is 6.30. The summed E-state index contributed by atoms with van der Waals surface area (Å²) in [6, 6.07) is 3.34. The molecule has 0 aromatic carbocycles. The standard InChI is InChI=1S/C20H24FN5O2/c1-20(2,3)28-19(27)22-9-4-6-16-15(12-14(21)13-23-16)17-7-5-11-26(17)18-8-10-24-25-18/h8,10,12-13,17H,5,7,9,11H2,1-3H3,(H,22,27)(H,24,25). The first kappa shape index (κ1) is 19.7. The molecule has 0 bridgehead atoms. The third-order valence-corrected chi connectivity index (χ3v) is 4.22. The first-order valence-electron chi connectivity index (χ1n) is 9.21. The molecule has 8 heteroatoms. The normalized spacial score (nSPS) is 16.4. The third-order valence-electron chi connectivity index (χ3n) is 4.22. The van der Waals surface area contributed by atoms with Crippen molar-refractivity contribution in [2.75, 3.05) is 18.0 Å². The zero-order valence-corrected chi connectivity index (χ0v) is 16.3. The summed E-state index contributed by atoms with van der Waals surface area (Å²) in [7, 11) is 0. The predicted molar refractivity (Wildman–Crippen MR) is 103 cm³/mol. The van der Waals surface area contributed by atoms with Gasteiger partial charge in [-0.2, -0.15) is 5.10 Å². The lowest BCUT2D eigenvalue weighted by Gasteiger charge is -2.25. The number of carbonyl (C=O) groups is 1. The van der Waals surface area contributed by atoms with Gasteiger partial charge >= 0.3 is 6.09 Å². The molecule has 0 spiro atoms. The molecular weight excluding hydrogens is 361 g/mol. The van der Waals surface area contributed by atoms with E-state index in [2.05, 4.69) is 37.2 Å². The Kier molecular flexibility index (Phi) is 5.83. The van der Waals surface area contributed by atoms with E-state index in [-0.39, 0.29) is 12.6 Å². The fourth-order valence-corrected chi connectivity index (χ4v) is 3.16. The molecule has 1 saturated heterocycles. The summed E-state index contributed by atoms with van der Waals surface area (Å²) < 4.78 is 19.1. The Morgan fingerprint density at radius 1 is 1.50 bits per heavy atom. The number of pyridine rings is 1. The maximum Gasteiger partial charge on any atom is 0.408 e. The first-order chi connectivity index (χ1) is 13.3. The highest BCUT2D eigenvalue weighted by Gasteiger charge is 2.29. The second-order valence-corrected chi connectivity index (χ2v) is 7.54. The van der Waals surface area contributed by atoms with E-state index < -0.39 is 17.5 Å². The lowest BCUT2D eigenvalue weighted by molar-refractivity contribution is 0.0535. The molecule has 7 nitrogen and oxygen atoms in total. The molecule has 0 saturated carbocycles. The highest BCUT2D eigenvalue weighted by atomic mass is 19.1. The zero-order valence-electron chi connectivity index (χ0n) is 16.3. The van der Waals surface area contributed by atoms with Gasteiger partial charge in [0.05, 0.1) is 25.0 Å². The molecule has 1 aliphatic heterocycles. The number of anilines is 1. The van der Waals surface area contributed by atoms with Crippen LogP contribution in [0.4, 0.5) is 15.0 Å². The van der Waals surface area contributed by atoms with Gasteiger partial charge in [0.1, 0.15) is 22.9 Å². The van der Waals surface area contributed by atoms with E-state index in [0.29, 0.717) is 5.69 Å². The molecule has 28 heavy (non-hydrogen) atoms. The molecule has 2 aromatic heterocycles. The smallest absolute Gasteiger partial charge is 0.408 e. The van der Waals surface area contributed by atoms with Crippen molar-refractivity contribution in [3.63, 3.8) is 0 Å². The lowest BCUT2D eigenvalue weighted by atomic mass is 10.0. The van der Waals surface area contributed by atoms with Crippen LogP contribution in [-0.4, -0.2) is 40.0 Å². The maximum absolute atomic E-state index is 13.9. The molecule has 1 amide bonds. The molecule has 0 radical (unpaired) electrons. The number of nitrogens with zero attached hydrogens (tertiary/aromatic N) is 3. The third kappa shape index (κ3) is 5.00. The molecule has 3 heterocycles. The summed E-state index contributed by atoms with van der Waals surface area (Å²) in [5.41, 5.74) is 0.669. The summed E-state index contributed by atoms with van der Waals surface area (Å²) >= 11 is 0. The van der Waals surface area contributed by atoms with E-state index in [1.165, 1.54) is 6.07 Å². The first-order valence-corrected chi connectivity index (χ1v) is 9.21. The summed E-state index contributed by atoms with van der Waals surface area (Å²) in [6.07, 6.45) is 4.17. The number of H-pyrrole nitrogens is 1. The number of nitrogens with one attached hydrogen (secondary N) is 2. The van der Waals surface area contributed by atoms with Gasteiger partial charge in [-0.05, 0) is 45.6 Å². The van der Waals surface area contributed by atoms with Crippen molar-refractivity contribution in [3.8, 4) is 11.8 Å². The lowest BCUT2D eigenvalue weighted by Crippen LogP contribution is -2.32. The van der Waals surface area contributed by atoms with Crippen LogP contribution in [0.25, 0.3) is 0 Å². The fraction of sp³-hybridized carbons (Fsp3) is 0.450. The minimum absolute atomic E-state index is 0.0354. The Balaban J connectivity index is 1.74. The van der Waals surface area contributed by atoms with Crippen LogP contribution in [0.1, 0.15) is 50.9 Å². The average molecular weight is 385 g/mol. The topological polar surface area (TPSA) is 83.1 Å². The van der Waals surface area contributed by atoms with Gasteiger partial charge in [-0.3, -0.25) is 5.10 Å². The molecule has 3 rings (SSSR count). The predicted octanol–water partition coefficient (Wildman–Crippen LogP) is 3.16. The van der Waals surface area contributed by atoms with Crippen LogP contribution in [0.5, 0.6) is 0 Å². The van der Waals surface area contributed by atoms with Crippen molar-refractivity contribution < 1.29 is 13.9 Å². The van der Waals surface area contributed by atoms with E-state index >= 15 is 0 Å². The van der Waals surface area contributed by atoms with Crippen LogP contribution in [0.2, 0.25) is 0 Å². The van der Waals surface area contributed by atoms with E-state index in [1.54, 1.807) is 27.0 Å². The minimum atomic E-state index is -0.568. The molecule has 1 atom stereocenters. The molecule has 1 unspecified atom stereocenters. The van der Waals surface area contributed by atoms with Crippen LogP contribution in [0, 0.1) is 17.7 Å². The fourth-order valence-electron chi connectivity index (χ4n) is 3.16. The number of aromatic nitrogens is 3. The Labute approximate surface area is 163 Å². The van der Waals surface area contributed by atoms with Crippen LogP contribution >= 0.6 is 0 Å². The highest BCUT2D eigenvalue weighted by molar-refractivity contribution is 5.68. The largest absolute Gasteiger partial charge is 0.444 e. The maximum atomic E-state index is 13.9. The van der Waals surface area contributed by atoms with Crippen molar-refractivity contribution >= 4 is 11.9 Å². The van der Waals surface area contributed by atoms with Crippen molar-refractivity contribution in [2.45, 2.75) is 45.3 Å². The number of ether oxygens (including phenoxy) is 1. The second-order valence-electron chi connectivity index (χ2n) is 7.54. The van der Waals surface area contributed by atoms with Gasteiger partial charge in [-0.1, -0.05) is 5.92 Å². The highest BCUT2D eigenvalue weighted by Crippen LogP contribution is 2.36. The summed E-state index contributed by atoms with van der Waals surface area (Å²) in [5, 5.41) is 9.54. The number of carbonyl (C=O) groups excluding carboxylic acids is 1. The van der Waals surface area contributed by atoms with Crippen LogP contribution in [0.15, 0.2) is 24.5 Å². The zero-order chi connectivity index (χ0) is 20.1. The number of hydrogen-bond acceptors (Lipinski definition) is 5. The molecule has 1 aliphatic rings. The van der Waals surface area contributed by atoms with Gasteiger partial charge < -0.3 is 15.0 Å². The second kappa shape index (κ2) is 8.30. The Morgan fingerprint density at radius 2 is 2.32 bits per heavy atom. The quantitative estimate of drug-likeness (QED) is 0.793. The Morgan fingerprint density at radius 3 is 3.04 bits per heavy atom. The van der Waals surface area contributed by atoms with E-state index in [1.807, 2.05) is 6.07 Å². The van der Waals surface area contributed by atoms with Gasteiger partial charge in [0.2, 0.25) is 0 Å². The van der Waals surface area contributed by atoms with Crippen molar-refractivity contribution in [1.82, 2.24) is 20.5 Å². The Hall–Kier alpha value is -3.08. The van der Waals surface area contributed by atoms with Gasteiger partial charge in [-0.25, -0.2) is 14.2 Å². The van der Waals surface area contributed by atoms with Crippen molar-refractivity contribution in [2.24, 2.45) is 0 Å². The average Bonchev–Trinajstić information content (AvgIpc) is 3.29. The number of alkyl carbamates (subject to hydrolysis) is 1. The molecule has 1 fully saturated rings. The SMILES string of the molecule is CC(C)(C)OC(=O)NCC#Cc1ncc(F)cc1C1CCCN1c1ccn[nH]1. The molecular formula is C20H24FN5O2. The van der Waals surface area contributed by atoms with E-state index in [0.717, 1.165) is 37.0 Å². The van der Waals surface area contributed by atoms with Crippen LogP contribution in [0.3, 0.4) is 0 Å². The number of rotatable bonds is 3. The minimum Gasteiger partial charge on any atom is -0.444 e.